The van der Waals surface area contributed by atoms with E-state index >= 15 is 0 Å². The number of carbonyl (C=O) groups is 3. The first-order valence-electron chi connectivity index (χ1n) is 10.2. The van der Waals surface area contributed by atoms with Crippen LogP contribution in [0.25, 0.3) is 11.0 Å². The molecule has 0 saturated heterocycles. The maximum Gasteiger partial charge on any atom is 0.340 e. The topological polar surface area (TPSA) is 134 Å². The molecule has 0 spiro atoms. The van der Waals surface area contributed by atoms with Crippen molar-refractivity contribution in [2.75, 3.05) is 11.9 Å². The highest BCUT2D eigenvalue weighted by Crippen LogP contribution is 2.27. The minimum absolute atomic E-state index is 0.134. The highest BCUT2D eigenvalue weighted by molar-refractivity contribution is 6.08. The van der Waals surface area contributed by atoms with Gasteiger partial charge in [0.1, 0.15) is 5.69 Å². The van der Waals surface area contributed by atoms with Gasteiger partial charge in [-0.3, -0.25) is 19.6 Å². The predicted molar refractivity (Wildman–Crippen MR) is 115 cm³/mol. The van der Waals surface area contributed by atoms with E-state index in [1.807, 2.05) is 20.8 Å². The number of carbonyl (C=O) groups excluding carboxylic acids is 3. The number of nitrogens with zero attached hydrogens (tertiary/aromatic N) is 4. The third-order valence-electron chi connectivity index (χ3n) is 4.73. The monoisotopic (exact) mass is 426 g/mol. The number of imidazole rings is 1. The van der Waals surface area contributed by atoms with E-state index in [1.54, 1.807) is 22.2 Å². The first kappa shape index (κ1) is 22.0. The largest absolute Gasteiger partial charge is 0.462 e. The van der Waals surface area contributed by atoms with Gasteiger partial charge in [-0.2, -0.15) is 5.10 Å². The lowest BCUT2D eigenvalue weighted by Crippen LogP contribution is -2.20. The molecule has 0 aliphatic carbocycles. The molecular weight excluding hydrogens is 400 g/mol. The van der Waals surface area contributed by atoms with Crippen LogP contribution in [0.3, 0.4) is 0 Å². The van der Waals surface area contributed by atoms with Crippen LogP contribution < -0.4 is 11.1 Å². The van der Waals surface area contributed by atoms with Gasteiger partial charge >= 0.3 is 5.97 Å². The molecule has 0 fully saturated rings. The van der Waals surface area contributed by atoms with Crippen molar-refractivity contribution in [1.82, 2.24) is 19.3 Å². The highest BCUT2D eigenvalue weighted by Gasteiger charge is 2.23. The van der Waals surface area contributed by atoms with Gasteiger partial charge in [0.25, 0.3) is 5.91 Å². The smallest absolute Gasteiger partial charge is 0.340 e. The Hall–Kier alpha value is -3.69. The fourth-order valence-corrected chi connectivity index (χ4v) is 3.45. The van der Waals surface area contributed by atoms with Gasteiger partial charge in [0.15, 0.2) is 0 Å². The van der Waals surface area contributed by atoms with Crippen molar-refractivity contribution < 1.29 is 19.1 Å². The number of fused-ring (bicyclic) bond motifs is 1. The molecule has 10 nitrogen and oxygen atoms in total. The van der Waals surface area contributed by atoms with Gasteiger partial charge in [-0.1, -0.05) is 6.92 Å². The highest BCUT2D eigenvalue weighted by atomic mass is 16.5. The van der Waals surface area contributed by atoms with E-state index in [9.17, 15) is 14.4 Å². The van der Waals surface area contributed by atoms with E-state index in [0.29, 0.717) is 29.8 Å². The minimum atomic E-state index is -0.689. The molecule has 3 aromatic rings. The lowest BCUT2D eigenvalue weighted by Gasteiger charge is -2.12. The number of aromatic nitrogens is 4. The van der Waals surface area contributed by atoms with Crippen LogP contribution in [0.5, 0.6) is 0 Å². The van der Waals surface area contributed by atoms with Crippen LogP contribution in [0.2, 0.25) is 0 Å². The summed E-state index contributed by atoms with van der Waals surface area (Å²) in [6.45, 7) is 8.57. The molecule has 2 amide bonds. The average Bonchev–Trinajstić information content (AvgIpc) is 3.27. The molecule has 0 atom stereocenters. The van der Waals surface area contributed by atoms with E-state index in [2.05, 4.69) is 15.4 Å². The van der Waals surface area contributed by atoms with Crippen LogP contribution in [0, 0.1) is 6.92 Å². The van der Waals surface area contributed by atoms with E-state index in [1.165, 1.54) is 12.1 Å². The molecule has 0 bridgehead atoms. The minimum Gasteiger partial charge on any atom is -0.462 e. The SMILES string of the molecule is CCCn1c(NC(=O)c2cc(C)nn2CC)nc2cc(C(N)=O)cc(C(=O)OCC)c21. The quantitative estimate of drug-likeness (QED) is 0.532. The van der Waals surface area contributed by atoms with Gasteiger partial charge in [0.05, 0.1) is 28.9 Å². The summed E-state index contributed by atoms with van der Waals surface area (Å²) in [4.78, 5) is 41.8. The van der Waals surface area contributed by atoms with Crippen molar-refractivity contribution in [2.24, 2.45) is 5.73 Å². The number of esters is 1. The molecule has 2 aromatic heterocycles. The van der Waals surface area contributed by atoms with Crippen LogP contribution >= 0.6 is 0 Å². The Labute approximate surface area is 179 Å². The number of amides is 2. The van der Waals surface area contributed by atoms with Crippen molar-refractivity contribution >= 4 is 34.8 Å². The zero-order chi connectivity index (χ0) is 22.7. The molecule has 0 saturated carbocycles. The van der Waals surface area contributed by atoms with Crippen LogP contribution in [-0.4, -0.2) is 43.7 Å². The number of hydrogen-bond donors (Lipinski definition) is 2. The Balaban J connectivity index is 2.16. The van der Waals surface area contributed by atoms with Crippen LogP contribution in [0.1, 0.15) is 64.1 Å². The molecule has 1 aromatic carbocycles. The molecule has 0 radical (unpaired) electrons. The number of benzene rings is 1. The standard InChI is InChI=1S/C21H26N6O4/c1-5-8-26-17-14(20(30)31-7-3)10-13(18(22)28)11-15(17)23-21(26)24-19(29)16-9-12(4)25-27(16)6-2/h9-11H,5-8H2,1-4H3,(H2,22,28)(H,23,24,29). The maximum atomic E-state index is 12.9. The summed E-state index contributed by atoms with van der Waals surface area (Å²) in [6, 6.07) is 4.60. The number of nitrogens with one attached hydrogen (secondary N) is 1. The molecule has 0 unspecified atom stereocenters. The van der Waals surface area contributed by atoms with Crippen LogP contribution in [-0.2, 0) is 17.8 Å². The molecule has 31 heavy (non-hydrogen) atoms. The number of aryl methyl sites for hydroxylation is 3. The molecule has 164 valence electrons. The van der Waals surface area contributed by atoms with Gasteiger partial charge < -0.3 is 15.0 Å². The number of ether oxygens (including phenoxy) is 1. The van der Waals surface area contributed by atoms with Gasteiger partial charge in [-0.15, -0.1) is 0 Å². The van der Waals surface area contributed by atoms with Gasteiger partial charge in [0.2, 0.25) is 11.9 Å². The zero-order valence-corrected chi connectivity index (χ0v) is 18.1. The van der Waals surface area contributed by atoms with E-state index in [4.69, 9.17) is 10.5 Å². The second-order valence-electron chi connectivity index (χ2n) is 7.00. The Morgan fingerprint density at radius 1 is 1.16 bits per heavy atom. The maximum absolute atomic E-state index is 12.9. The van der Waals surface area contributed by atoms with Crippen LogP contribution in [0.4, 0.5) is 5.95 Å². The number of anilines is 1. The van der Waals surface area contributed by atoms with Gasteiger partial charge in [-0.05, 0) is 45.4 Å². The Kier molecular flexibility index (Phi) is 6.38. The summed E-state index contributed by atoms with van der Waals surface area (Å²) in [6.07, 6.45) is 0.722. The third-order valence-corrected chi connectivity index (χ3v) is 4.73. The third kappa shape index (κ3) is 4.27. The first-order chi connectivity index (χ1) is 14.8. The summed E-state index contributed by atoms with van der Waals surface area (Å²) in [7, 11) is 0. The van der Waals surface area contributed by atoms with Crippen molar-refractivity contribution in [3.05, 3.63) is 40.7 Å². The lowest BCUT2D eigenvalue weighted by atomic mass is 10.1. The van der Waals surface area contributed by atoms with Crippen molar-refractivity contribution in [3.8, 4) is 0 Å². The molecule has 0 aliphatic rings. The summed E-state index contributed by atoms with van der Waals surface area (Å²) in [5.74, 6) is -1.39. The van der Waals surface area contributed by atoms with Crippen molar-refractivity contribution in [3.63, 3.8) is 0 Å². The summed E-state index contributed by atoms with van der Waals surface area (Å²) < 4.78 is 8.51. The Morgan fingerprint density at radius 3 is 2.52 bits per heavy atom. The second kappa shape index (κ2) is 8.99. The van der Waals surface area contributed by atoms with Crippen LogP contribution in [0.15, 0.2) is 18.2 Å². The Bertz CT molecular complexity index is 1160. The number of rotatable bonds is 8. The van der Waals surface area contributed by atoms with Gasteiger partial charge in [0, 0.05) is 18.7 Å². The number of primary amides is 1. The summed E-state index contributed by atoms with van der Waals surface area (Å²) >= 11 is 0. The molecule has 2 heterocycles. The van der Waals surface area contributed by atoms with Crippen molar-refractivity contribution in [2.45, 2.75) is 47.2 Å². The molecule has 3 N–H and O–H groups in total. The number of hydrogen-bond acceptors (Lipinski definition) is 6. The first-order valence-corrected chi connectivity index (χ1v) is 10.2. The molecule has 3 rings (SSSR count). The van der Waals surface area contributed by atoms with Crippen molar-refractivity contribution in [1.29, 1.82) is 0 Å². The molecule has 10 heteroatoms. The zero-order valence-electron chi connectivity index (χ0n) is 18.1. The number of nitrogens with two attached hydrogens (primary N) is 1. The van der Waals surface area contributed by atoms with E-state index in [0.717, 1.165) is 12.1 Å². The fourth-order valence-electron chi connectivity index (χ4n) is 3.45. The molecular formula is C21H26N6O4. The van der Waals surface area contributed by atoms with E-state index < -0.39 is 11.9 Å². The van der Waals surface area contributed by atoms with E-state index in [-0.39, 0.29) is 29.6 Å². The lowest BCUT2D eigenvalue weighted by molar-refractivity contribution is 0.0528. The predicted octanol–water partition coefficient (Wildman–Crippen LogP) is 2.50. The summed E-state index contributed by atoms with van der Waals surface area (Å²) in [5.41, 5.74) is 7.71. The van der Waals surface area contributed by atoms with Gasteiger partial charge in [-0.25, -0.2) is 9.78 Å². The summed E-state index contributed by atoms with van der Waals surface area (Å²) in [5, 5.41) is 7.12. The normalized spacial score (nSPS) is 11.0. The second-order valence-corrected chi connectivity index (χ2v) is 7.00. The molecule has 0 aliphatic heterocycles. The fraction of sp³-hybridized carbons (Fsp3) is 0.381. The Morgan fingerprint density at radius 2 is 1.90 bits per heavy atom. The average molecular weight is 426 g/mol.